The molecule has 1 aromatic heterocycles. The number of piperidine rings is 1. The third-order valence-corrected chi connectivity index (χ3v) is 8.96. The number of ether oxygens (including phenoxy) is 1. The Balaban J connectivity index is 1.42. The van der Waals surface area contributed by atoms with Gasteiger partial charge in [0.25, 0.3) is 0 Å². The van der Waals surface area contributed by atoms with Crippen molar-refractivity contribution in [3.05, 3.63) is 70.7 Å². The average Bonchev–Trinajstić information content (AvgIpc) is 3.27. The van der Waals surface area contributed by atoms with Gasteiger partial charge in [-0.2, -0.15) is 13.2 Å². The molecule has 2 heterocycles. The Morgan fingerprint density at radius 1 is 1.12 bits per heavy atom. The molecule has 176 valence electrons. The summed E-state index contributed by atoms with van der Waals surface area (Å²) in [7, 11) is -2.22. The van der Waals surface area contributed by atoms with E-state index in [0.717, 1.165) is 40.3 Å². The van der Waals surface area contributed by atoms with Crippen LogP contribution in [0.2, 0.25) is 0 Å². The van der Waals surface area contributed by atoms with Crippen molar-refractivity contribution in [1.29, 1.82) is 0 Å². The Kier molecular flexibility index (Phi) is 6.67. The number of alkyl halides is 3. The molecule has 4 rings (SSSR count). The van der Waals surface area contributed by atoms with Crippen LogP contribution < -0.4 is 9.64 Å². The normalized spacial score (nSPS) is 15.6. The number of thiazole rings is 1. The lowest BCUT2D eigenvalue weighted by molar-refractivity contribution is -0.137. The highest BCUT2D eigenvalue weighted by molar-refractivity contribution is 7.92. The van der Waals surface area contributed by atoms with E-state index in [0.29, 0.717) is 32.4 Å². The fourth-order valence-corrected chi connectivity index (χ4v) is 6.62. The van der Waals surface area contributed by atoms with Crippen molar-refractivity contribution >= 4 is 26.3 Å². The molecule has 2 aromatic carbocycles. The van der Waals surface area contributed by atoms with E-state index in [9.17, 15) is 21.6 Å². The number of hydrogen-bond donors (Lipinski definition) is 0. The standard InChI is InChI=1S/C23H23F3N2O3S2/c1-31-21-8-3-2-5-16(21)13-18-15-32-22(27-18)28-11-9-19(10-12-28)33(29,30)20-7-4-6-17(14-20)23(24,25)26/h2-8,14-15,19H,9-13H2,1H3. The number of aromatic nitrogens is 1. The van der Waals surface area contributed by atoms with Gasteiger partial charge in [0, 0.05) is 30.5 Å². The zero-order valence-corrected chi connectivity index (χ0v) is 19.5. The van der Waals surface area contributed by atoms with E-state index >= 15 is 0 Å². The van der Waals surface area contributed by atoms with Crippen LogP contribution in [0.5, 0.6) is 5.75 Å². The van der Waals surface area contributed by atoms with Gasteiger partial charge in [0.15, 0.2) is 15.0 Å². The predicted molar refractivity (Wildman–Crippen MR) is 122 cm³/mol. The van der Waals surface area contributed by atoms with E-state index in [-0.39, 0.29) is 4.90 Å². The van der Waals surface area contributed by atoms with Gasteiger partial charge in [0.1, 0.15) is 5.75 Å². The van der Waals surface area contributed by atoms with Gasteiger partial charge < -0.3 is 9.64 Å². The summed E-state index contributed by atoms with van der Waals surface area (Å²) in [5, 5.41) is 2.08. The fraction of sp³-hybridized carbons (Fsp3) is 0.348. The van der Waals surface area contributed by atoms with Gasteiger partial charge in [0.05, 0.1) is 28.5 Å². The second-order valence-electron chi connectivity index (χ2n) is 7.87. The number of nitrogens with zero attached hydrogens (tertiary/aromatic N) is 2. The van der Waals surface area contributed by atoms with Crippen molar-refractivity contribution in [1.82, 2.24) is 4.98 Å². The minimum Gasteiger partial charge on any atom is -0.496 e. The predicted octanol–water partition coefficient (Wildman–Crippen LogP) is 5.20. The van der Waals surface area contributed by atoms with E-state index in [1.54, 1.807) is 7.11 Å². The van der Waals surface area contributed by atoms with Gasteiger partial charge in [-0.3, -0.25) is 0 Å². The first-order chi connectivity index (χ1) is 15.7. The second kappa shape index (κ2) is 9.34. The molecule has 0 unspecified atom stereocenters. The van der Waals surface area contributed by atoms with Crippen molar-refractivity contribution in [2.45, 2.75) is 35.6 Å². The van der Waals surface area contributed by atoms with Crippen LogP contribution in [0.25, 0.3) is 0 Å². The number of benzene rings is 2. The van der Waals surface area contributed by atoms with Gasteiger partial charge in [-0.05, 0) is 37.1 Å². The van der Waals surface area contributed by atoms with Crippen LogP contribution in [0.1, 0.15) is 29.7 Å². The quantitative estimate of drug-likeness (QED) is 0.469. The summed E-state index contributed by atoms with van der Waals surface area (Å²) < 4.78 is 70.3. The van der Waals surface area contributed by atoms with E-state index in [2.05, 4.69) is 0 Å². The second-order valence-corrected chi connectivity index (χ2v) is 10.9. The van der Waals surface area contributed by atoms with Crippen LogP contribution in [0.3, 0.4) is 0 Å². The molecule has 3 aromatic rings. The van der Waals surface area contributed by atoms with Crippen molar-refractivity contribution < 1.29 is 26.3 Å². The number of rotatable bonds is 6. The first-order valence-electron chi connectivity index (χ1n) is 10.4. The third kappa shape index (κ3) is 5.16. The number of methoxy groups -OCH3 is 1. The molecule has 1 aliphatic rings. The highest BCUT2D eigenvalue weighted by Crippen LogP contribution is 2.34. The van der Waals surface area contributed by atoms with Gasteiger partial charge in [0.2, 0.25) is 0 Å². The zero-order chi connectivity index (χ0) is 23.6. The summed E-state index contributed by atoms with van der Waals surface area (Å²) >= 11 is 1.50. The van der Waals surface area contributed by atoms with Gasteiger partial charge >= 0.3 is 6.18 Å². The Labute approximate surface area is 194 Å². The SMILES string of the molecule is COc1ccccc1Cc1csc(N2CCC(S(=O)(=O)c3cccc(C(F)(F)F)c3)CC2)n1. The fourth-order valence-electron chi connectivity index (χ4n) is 3.97. The molecule has 0 amide bonds. The first-order valence-corrected chi connectivity index (χ1v) is 12.8. The van der Waals surface area contributed by atoms with Crippen LogP contribution in [0, 0.1) is 0 Å². The molecule has 0 saturated carbocycles. The summed E-state index contributed by atoms with van der Waals surface area (Å²) in [6.07, 6.45) is -3.29. The third-order valence-electron chi connectivity index (χ3n) is 5.74. The minimum absolute atomic E-state index is 0.274. The highest BCUT2D eigenvalue weighted by atomic mass is 32.2. The number of sulfone groups is 1. The maximum Gasteiger partial charge on any atom is 0.416 e. The van der Waals surface area contributed by atoms with Crippen molar-refractivity contribution in [2.75, 3.05) is 25.1 Å². The van der Waals surface area contributed by atoms with Crippen LogP contribution in [-0.2, 0) is 22.4 Å². The Morgan fingerprint density at radius 3 is 2.55 bits per heavy atom. The van der Waals surface area contributed by atoms with Crippen molar-refractivity contribution in [3.63, 3.8) is 0 Å². The van der Waals surface area contributed by atoms with Gasteiger partial charge in [-0.25, -0.2) is 13.4 Å². The van der Waals surface area contributed by atoms with Gasteiger partial charge in [-0.1, -0.05) is 24.3 Å². The molecule has 0 spiro atoms. The Hall–Kier alpha value is -2.59. The lowest BCUT2D eigenvalue weighted by Crippen LogP contribution is -2.39. The summed E-state index contributed by atoms with van der Waals surface area (Å²) in [5.41, 5.74) is 0.979. The summed E-state index contributed by atoms with van der Waals surface area (Å²) in [6, 6.07) is 11.7. The van der Waals surface area contributed by atoms with Crippen LogP contribution >= 0.6 is 11.3 Å². The topological polar surface area (TPSA) is 59.5 Å². The van der Waals surface area contributed by atoms with Gasteiger partial charge in [-0.15, -0.1) is 11.3 Å². The van der Waals surface area contributed by atoms with Crippen molar-refractivity contribution in [3.8, 4) is 5.75 Å². The van der Waals surface area contributed by atoms with Crippen LogP contribution in [0.15, 0.2) is 58.8 Å². The molecule has 1 aliphatic heterocycles. The van der Waals surface area contributed by atoms with Crippen molar-refractivity contribution in [2.24, 2.45) is 0 Å². The Bertz CT molecular complexity index is 1220. The molecular weight excluding hydrogens is 473 g/mol. The molecule has 0 N–H and O–H groups in total. The maximum absolute atomic E-state index is 13.0. The van der Waals surface area contributed by atoms with E-state index < -0.39 is 26.8 Å². The monoisotopic (exact) mass is 496 g/mol. The molecule has 0 radical (unpaired) electrons. The van der Waals surface area contributed by atoms with Crippen LogP contribution in [0.4, 0.5) is 18.3 Å². The summed E-state index contributed by atoms with van der Waals surface area (Å²) in [4.78, 5) is 6.47. The molecule has 0 aliphatic carbocycles. The first kappa shape index (κ1) is 23.6. The smallest absolute Gasteiger partial charge is 0.416 e. The number of halogens is 3. The average molecular weight is 497 g/mol. The lowest BCUT2D eigenvalue weighted by atomic mass is 10.1. The molecule has 10 heteroatoms. The van der Waals surface area contributed by atoms with E-state index in [4.69, 9.17) is 9.72 Å². The molecule has 33 heavy (non-hydrogen) atoms. The summed E-state index contributed by atoms with van der Waals surface area (Å²) in [5.74, 6) is 0.799. The molecule has 0 atom stereocenters. The zero-order valence-electron chi connectivity index (χ0n) is 17.9. The summed E-state index contributed by atoms with van der Waals surface area (Å²) in [6.45, 7) is 0.953. The molecule has 0 bridgehead atoms. The van der Waals surface area contributed by atoms with E-state index in [1.807, 2.05) is 34.5 Å². The number of hydrogen-bond acceptors (Lipinski definition) is 6. The maximum atomic E-state index is 13.0. The highest BCUT2D eigenvalue weighted by Gasteiger charge is 2.35. The molecule has 1 fully saturated rings. The van der Waals surface area contributed by atoms with E-state index in [1.165, 1.54) is 17.4 Å². The molecular formula is C23H23F3N2O3S2. The number of para-hydroxylation sites is 1. The number of anilines is 1. The van der Waals surface area contributed by atoms with Crippen LogP contribution in [-0.4, -0.2) is 38.9 Å². The Morgan fingerprint density at radius 2 is 1.85 bits per heavy atom. The minimum atomic E-state index is -4.58. The largest absolute Gasteiger partial charge is 0.496 e. The molecule has 5 nitrogen and oxygen atoms in total. The lowest BCUT2D eigenvalue weighted by Gasteiger charge is -2.31. The molecule has 1 saturated heterocycles.